The molecule has 1 aromatic carbocycles. The van der Waals surface area contributed by atoms with E-state index < -0.39 is 0 Å². The highest BCUT2D eigenvalue weighted by Crippen LogP contribution is 2.28. The van der Waals surface area contributed by atoms with Crippen molar-refractivity contribution in [3.63, 3.8) is 0 Å². The second kappa shape index (κ2) is 6.36. The number of likely N-dealkylation sites (N-methyl/N-ethyl adjacent to an activating group) is 1. The van der Waals surface area contributed by atoms with Crippen molar-refractivity contribution in [1.82, 2.24) is 10.2 Å². The Morgan fingerprint density at radius 3 is 2.59 bits per heavy atom. The first-order valence-corrected chi connectivity index (χ1v) is 7.58. The van der Waals surface area contributed by atoms with Crippen LogP contribution >= 0.6 is 0 Å². The number of aliphatic hydroxyl groups excluding tert-OH is 1. The number of rotatable bonds is 4. The first kappa shape index (κ1) is 14.8. The summed E-state index contributed by atoms with van der Waals surface area (Å²) in [5.74, 6) is 1.25. The zero-order chi connectivity index (χ0) is 15.5. The van der Waals surface area contributed by atoms with Gasteiger partial charge in [-0.15, -0.1) is 5.10 Å². The van der Waals surface area contributed by atoms with E-state index in [0.29, 0.717) is 11.9 Å². The Morgan fingerprint density at radius 1 is 1.18 bits per heavy atom. The number of anilines is 1. The second-order valence-electron chi connectivity index (χ2n) is 5.65. The van der Waals surface area contributed by atoms with E-state index in [1.807, 2.05) is 36.2 Å². The van der Waals surface area contributed by atoms with Gasteiger partial charge in [0.15, 0.2) is 0 Å². The lowest BCUT2D eigenvalue weighted by molar-refractivity contribution is 0.104. The first-order valence-electron chi connectivity index (χ1n) is 7.58. The summed E-state index contributed by atoms with van der Waals surface area (Å²) in [4.78, 5) is 1.89. The van der Waals surface area contributed by atoms with Crippen LogP contribution in [0, 0.1) is 0 Å². The van der Waals surface area contributed by atoms with Crippen LogP contribution in [0.4, 0.5) is 6.01 Å². The molecule has 0 spiro atoms. The Kier molecular flexibility index (Phi) is 4.29. The molecule has 2 aromatic rings. The summed E-state index contributed by atoms with van der Waals surface area (Å²) in [6.07, 6.45) is 3.62. The van der Waals surface area contributed by atoms with E-state index in [1.165, 1.54) is 0 Å². The molecule has 0 amide bonds. The predicted molar refractivity (Wildman–Crippen MR) is 83.0 cm³/mol. The van der Waals surface area contributed by atoms with Crippen LogP contribution < -0.4 is 9.64 Å². The van der Waals surface area contributed by atoms with Crippen molar-refractivity contribution in [1.29, 1.82) is 0 Å². The van der Waals surface area contributed by atoms with Crippen LogP contribution in [0.3, 0.4) is 0 Å². The monoisotopic (exact) mass is 303 g/mol. The number of benzene rings is 1. The molecule has 6 nitrogen and oxygen atoms in total. The molecule has 118 valence electrons. The van der Waals surface area contributed by atoms with E-state index in [1.54, 1.807) is 7.11 Å². The largest absolute Gasteiger partial charge is 0.497 e. The molecule has 1 heterocycles. The summed E-state index contributed by atoms with van der Waals surface area (Å²) in [5.41, 5.74) is 0.845. The molecule has 0 unspecified atom stereocenters. The van der Waals surface area contributed by atoms with Crippen molar-refractivity contribution in [3.8, 4) is 17.2 Å². The smallest absolute Gasteiger partial charge is 0.318 e. The second-order valence-corrected chi connectivity index (χ2v) is 5.65. The molecule has 0 aliphatic heterocycles. The maximum Gasteiger partial charge on any atom is 0.318 e. The minimum atomic E-state index is -0.338. The molecule has 2 atom stereocenters. The summed E-state index contributed by atoms with van der Waals surface area (Å²) in [5, 5.41) is 18.4. The van der Waals surface area contributed by atoms with E-state index in [9.17, 15) is 5.11 Å². The van der Waals surface area contributed by atoms with E-state index in [4.69, 9.17) is 9.15 Å². The van der Waals surface area contributed by atoms with Gasteiger partial charge < -0.3 is 19.2 Å². The SMILES string of the molecule is COc1ccc(-c2nnc(N(C)[C@@H]3CCCC[C@H]3O)o2)cc1. The van der Waals surface area contributed by atoms with E-state index >= 15 is 0 Å². The Morgan fingerprint density at radius 2 is 1.91 bits per heavy atom. The third-order valence-corrected chi connectivity index (χ3v) is 4.24. The molecule has 1 aliphatic carbocycles. The van der Waals surface area contributed by atoms with Gasteiger partial charge in [-0.1, -0.05) is 17.9 Å². The summed E-state index contributed by atoms with van der Waals surface area (Å²) in [6.45, 7) is 0. The maximum absolute atomic E-state index is 10.1. The summed E-state index contributed by atoms with van der Waals surface area (Å²) in [6, 6.07) is 7.95. The Labute approximate surface area is 129 Å². The molecule has 22 heavy (non-hydrogen) atoms. The molecular weight excluding hydrogens is 282 g/mol. The Bertz CT molecular complexity index is 611. The van der Waals surface area contributed by atoms with Crippen LogP contribution in [-0.2, 0) is 0 Å². The Balaban J connectivity index is 1.77. The number of aliphatic hydroxyl groups is 1. The lowest BCUT2D eigenvalue weighted by Gasteiger charge is -2.33. The molecule has 1 N–H and O–H groups in total. The van der Waals surface area contributed by atoms with Crippen LogP contribution in [0.15, 0.2) is 28.7 Å². The van der Waals surface area contributed by atoms with Gasteiger partial charge in [-0.2, -0.15) is 0 Å². The van der Waals surface area contributed by atoms with Gasteiger partial charge in [-0.3, -0.25) is 0 Å². The number of methoxy groups -OCH3 is 1. The molecule has 1 saturated carbocycles. The molecule has 1 aliphatic rings. The minimum absolute atomic E-state index is 0.0397. The van der Waals surface area contributed by atoms with Crippen LogP contribution in [-0.4, -0.2) is 41.6 Å². The molecule has 0 radical (unpaired) electrons. The van der Waals surface area contributed by atoms with Crippen molar-refractivity contribution >= 4 is 6.01 Å². The highest BCUT2D eigenvalue weighted by Gasteiger charge is 2.29. The van der Waals surface area contributed by atoms with Gasteiger partial charge in [-0.25, -0.2) is 0 Å². The highest BCUT2D eigenvalue weighted by molar-refractivity contribution is 5.55. The van der Waals surface area contributed by atoms with Crippen molar-refractivity contribution in [2.75, 3.05) is 19.1 Å². The van der Waals surface area contributed by atoms with Gasteiger partial charge in [0.2, 0.25) is 5.89 Å². The lowest BCUT2D eigenvalue weighted by Crippen LogP contribution is -2.43. The fourth-order valence-corrected chi connectivity index (χ4v) is 2.89. The molecular formula is C16H21N3O3. The van der Waals surface area contributed by atoms with Crippen LogP contribution in [0.5, 0.6) is 5.75 Å². The fraction of sp³-hybridized carbons (Fsp3) is 0.500. The Hall–Kier alpha value is -2.08. The number of aromatic nitrogens is 2. The number of hydrogen-bond donors (Lipinski definition) is 1. The van der Waals surface area contributed by atoms with Crippen molar-refractivity contribution in [3.05, 3.63) is 24.3 Å². The topological polar surface area (TPSA) is 71.6 Å². The molecule has 0 saturated heterocycles. The number of ether oxygens (including phenoxy) is 1. The summed E-state index contributed by atoms with van der Waals surface area (Å²) < 4.78 is 10.9. The highest BCUT2D eigenvalue weighted by atomic mass is 16.5. The molecule has 1 fully saturated rings. The van der Waals surface area contributed by atoms with Crippen molar-refractivity contribution in [2.45, 2.75) is 37.8 Å². The van der Waals surface area contributed by atoms with E-state index in [2.05, 4.69) is 10.2 Å². The minimum Gasteiger partial charge on any atom is -0.497 e. The van der Waals surface area contributed by atoms with Crippen molar-refractivity contribution in [2.24, 2.45) is 0 Å². The van der Waals surface area contributed by atoms with Gasteiger partial charge in [0, 0.05) is 12.6 Å². The average Bonchev–Trinajstić information content (AvgIpc) is 3.05. The first-order chi connectivity index (χ1) is 10.7. The zero-order valence-electron chi connectivity index (χ0n) is 12.9. The quantitative estimate of drug-likeness (QED) is 0.935. The normalized spacial score (nSPS) is 21.6. The van der Waals surface area contributed by atoms with Crippen LogP contribution in [0.1, 0.15) is 25.7 Å². The summed E-state index contributed by atoms with van der Waals surface area (Å²) in [7, 11) is 3.52. The van der Waals surface area contributed by atoms with E-state index in [-0.39, 0.29) is 12.1 Å². The number of nitrogens with zero attached hydrogens (tertiary/aromatic N) is 3. The van der Waals surface area contributed by atoms with Gasteiger partial charge in [0.1, 0.15) is 5.75 Å². The lowest BCUT2D eigenvalue weighted by atomic mass is 9.92. The van der Waals surface area contributed by atoms with Crippen LogP contribution in [0.25, 0.3) is 11.5 Å². The number of hydrogen-bond acceptors (Lipinski definition) is 6. The maximum atomic E-state index is 10.1. The average molecular weight is 303 g/mol. The molecule has 3 rings (SSSR count). The van der Waals surface area contributed by atoms with Crippen LogP contribution in [0.2, 0.25) is 0 Å². The predicted octanol–water partition coefficient (Wildman–Crippen LogP) is 2.48. The zero-order valence-corrected chi connectivity index (χ0v) is 12.9. The van der Waals surface area contributed by atoms with E-state index in [0.717, 1.165) is 37.0 Å². The van der Waals surface area contributed by atoms with Gasteiger partial charge in [0.05, 0.1) is 19.3 Å². The van der Waals surface area contributed by atoms with Gasteiger partial charge in [0.25, 0.3) is 0 Å². The molecule has 6 heteroatoms. The molecule has 0 bridgehead atoms. The molecule has 1 aromatic heterocycles. The third kappa shape index (κ3) is 2.92. The van der Waals surface area contributed by atoms with Gasteiger partial charge >= 0.3 is 6.01 Å². The fourth-order valence-electron chi connectivity index (χ4n) is 2.89. The summed E-state index contributed by atoms with van der Waals surface area (Å²) >= 11 is 0. The van der Waals surface area contributed by atoms with Crippen molar-refractivity contribution < 1.29 is 14.3 Å². The standard InChI is InChI=1S/C16H21N3O3/c1-19(13-5-3-4-6-14(13)20)16-18-17-15(22-16)11-7-9-12(21-2)10-8-11/h7-10,13-14,20H,3-6H2,1-2H3/t13-,14-/m1/s1. The van der Waals surface area contributed by atoms with Gasteiger partial charge in [-0.05, 0) is 37.1 Å². The third-order valence-electron chi connectivity index (χ3n) is 4.24.